The Morgan fingerprint density at radius 3 is 1.88 bits per heavy atom. The Morgan fingerprint density at radius 2 is 1.30 bits per heavy atom. The lowest BCUT2D eigenvalue weighted by atomic mass is 9.88. The first-order valence-electron chi connectivity index (χ1n) is 19.1. The molecule has 2 aromatic carbocycles. The SMILES string of the molecule is CCCCc1c(C)c(C)c2c(c1C)N(C)C(C)[C@@H]1CC(C)=C(C)N1C2=O.CCCCc1c(C)c(C)c2c(c1C)N=C[C@@H]1C=C(C)C(C)N1C2=O. The molecule has 6 heteroatoms. The van der Waals surface area contributed by atoms with Crippen LogP contribution in [0.5, 0.6) is 0 Å². The van der Waals surface area contributed by atoms with Crippen molar-refractivity contribution in [3.63, 3.8) is 0 Å². The number of carbonyl (C=O) groups is 2. The number of fused-ring (bicyclic) bond motifs is 4. The molecule has 0 aromatic heterocycles. The van der Waals surface area contributed by atoms with Crippen molar-refractivity contribution in [2.45, 2.75) is 159 Å². The Labute approximate surface area is 302 Å². The molecule has 0 fully saturated rings. The van der Waals surface area contributed by atoms with E-state index in [2.05, 4.69) is 113 Å². The molecular weight excluding hydrogens is 617 g/mol. The number of hydrogen-bond acceptors (Lipinski definition) is 4. The lowest BCUT2D eigenvalue weighted by molar-refractivity contribution is 0.0731. The van der Waals surface area contributed by atoms with E-state index in [-0.39, 0.29) is 29.9 Å². The van der Waals surface area contributed by atoms with Crippen molar-refractivity contribution in [3.05, 3.63) is 78.6 Å². The Morgan fingerprint density at radius 1 is 0.740 bits per heavy atom. The smallest absolute Gasteiger partial charge is 0.260 e. The molecule has 0 saturated heterocycles. The van der Waals surface area contributed by atoms with Crippen LogP contribution < -0.4 is 4.90 Å². The Kier molecular flexibility index (Phi) is 10.9. The average Bonchev–Trinajstić information content (AvgIpc) is 3.46. The third-order valence-corrected chi connectivity index (χ3v) is 12.8. The maximum atomic E-state index is 13.7. The predicted molar refractivity (Wildman–Crippen MR) is 211 cm³/mol. The molecule has 4 atom stereocenters. The van der Waals surface area contributed by atoms with Crippen LogP contribution in [0.4, 0.5) is 11.4 Å². The highest BCUT2D eigenvalue weighted by Crippen LogP contribution is 2.44. The number of anilines is 1. The second-order valence-corrected chi connectivity index (χ2v) is 15.6. The topological polar surface area (TPSA) is 56.2 Å². The first kappa shape index (κ1) is 37.6. The summed E-state index contributed by atoms with van der Waals surface area (Å²) in [5, 5.41) is 0. The van der Waals surface area contributed by atoms with Crippen LogP contribution in [0.25, 0.3) is 0 Å². The van der Waals surface area contributed by atoms with Crippen molar-refractivity contribution in [3.8, 4) is 0 Å². The molecule has 6 rings (SSSR count). The number of aliphatic imine (C=N–C) groups is 1. The van der Waals surface area contributed by atoms with E-state index in [4.69, 9.17) is 4.99 Å². The van der Waals surface area contributed by atoms with E-state index in [1.165, 1.54) is 75.8 Å². The maximum Gasteiger partial charge on any atom is 0.260 e. The molecule has 0 bridgehead atoms. The lowest BCUT2D eigenvalue weighted by Crippen LogP contribution is -2.45. The summed E-state index contributed by atoms with van der Waals surface area (Å²) in [6, 6.07) is 0.656. The molecule has 2 unspecified atom stereocenters. The summed E-state index contributed by atoms with van der Waals surface area (Å²) < 4.78 is 0. The molecule has 0 aliphatic carbocycles. The first-order chi connectivity index (χ1) is 23.6. The number of rotatable bonds is 6. The molecule has 0 N–H and O–H groups in total. The number of hydrogen-bond donors (Lipinski definition) is 0. The summed E-state index contributed by atoms with van der Waals surface area (Å²) in [6.07, 6.45) is 12.0. The van der Waals surface area contributed by atoms with Gasteiger partial charge in [-0.15, -0.1) is 0 Å². The Bertz CT molecular complexity index is 1810. The van der Waals surface area contributed by atoms with Gasteiger partial charge in [0.25, 0.3) is 11.8 Å². The molecule has 0 spiro atoms. The summed E-state index contributed by atoms with van der Waals surface area (Å²) >= 11 is 0. The third-order valence-electron chi connectivity index (χ3n) is 12.8. The van der Waals surface area contributed by atoms with Crippen LogP contribution in [0, 0.1) is 41.5 Å². The molecule has 2 aromatic rings. The maximum absolute atomic E-state index is 13.7. The van der Waals surface area contributed by atoms with Crippen molar-refractivity contribution in [2.24, 2.45) is 4.99 Å². The molecular formula is C44H62N4O2. The van der Waals surface area contributed by atoms with E-state index in [9.17, 15) is 9.59 Å². The van der Waals surface area contributed by atoms with E-state index in [1.54, 1.807) is 0 Å². The van der Waals surface area contributed by atoms with Gasteiger partial charge < -0.3 is 14.7 Å². The molecule has 0 radical (unpaired) electrons. The standard InChI is InChI=1S/C23H34N2O.C21H28N2O/c1-9-10-11-19-14(3)15(4)21-22(16(19)5)24(8)18(7)20-12-13(2)17(6)25(20)23(21)26;1-7-8-9-18-13(3)14(4)19-20(15(18)5)22-11-17-10-12(2)16(6)23(17)21(19)24/h18,20H,9-12H2,1-8H3;10-11,16-17H,7-9H2,1-6H3/t18?,20-;16?,17-/m00/s1. The zero-order chi connectivity index (χ0) is 36.9. The van der Waals surface area contributed by atoms with Gasteiger partial charge in [-0.05, 0) is 153 Å². The molecule has 4 aliphatic rings. The summed E-state index contributed by atoms with van der Waals surface area (Å²) in [4.78, 5) is 38.2. The van der Waals surface area contributed by atoms with Crippen molar-refractivity contribution in [2.75, 3.05) is 11.9 Å². The predicted octanol–water partition coefficient (Wildman–Crippen LogP) is 10.1. The summed E-state index contributed by atoms with van der Waals surface area (Å²) in [5.74, 6) is 0.320. The molecule has 4 heterocycles. The van der Waals surface area contributed by atoms with Crippen molar-refractivity contribution >= 4 is 29.4 Å². The quantitative estimate of drug-likeness (QED) is 0.286. The highest BCUT2D eigenvalue weighted by molar-refractivity contribution is 6.06. The summed E-state index contributed by atoms with van der Waals surface area (Å²) in [5.41, 5.74) is 17.7. The Hall–Kier alpha value is -3.67. The summed E-state index contributed by atoms with van der Waals surface area (Å²) in [7, 11) is 2.18. The van der Waals surface area contributed by atoms with Crippen LogP contribution >= 0.6 is 0 Å². The highest BCUT2D eigenvalue weighted by atomic mass is 16.2. The molecule has 4 aliphatic heterocycles. The number of allylic oxidation sites excluding steroid dienone is 1. The van der Waals surface area contributed by atoms with E-state index in [0.29, 0.717) is 6.04 Å². The normalized spacial score (nSPS) is 22.5. The van der Waals surface area contributed by atoms with E-state index >= 15 is 0 Å². The van der Waals surface area contributed by atoms with Gasteiger partial charge in [0, 0.05) is 25.0 Å². The van der Waals surface area contributed by atoms with Gasteiger partial charge in [0.1, 0.15) is 0 Å². The van der Waals surface area contributed by atoms with Crippen LogP contribution in [0.1, 0.15) is 146 Å². The molecule has 0 saturated carbocycles. The Balaban J connectivity index is 0.000000195. The van der Waals surface area contributed by atoms with Gasteiger partial charge in [-0.2, -0.15) is 0 Å². The van der Waals surface area contributed by atoms with Gasteiger partial charge in [0.2, 0.25) is 0 Å². The number of nitrogens with zero attached hydrogens (tertiary/aromatic N) is 4. The fraction of sp³-hybridized carbons (Fsp3) is 0.568. The first-order valence-corrected chi connectivity index (χ1v) is 19.1. The fourth-order valence-electron chi connectivity index (χ4n) is 8.94. The molecule has 2 amide bonds. The van der Waals surface area contributed by atoms with Crippen LogP contribution in [0.15, 0.2) is 27.9 Å². The van der Waals surface area contributed by atoms with Gasteiger partial charge in [-0.3, -0.25) is 14.6 Å². The van der Waals surface area contributed by atoms with Gasteiger partial charge in [0.15, 0.2) is 0 Å². The number of carbonyl (C=O) groups excluding carboxylic acids is 2. The van der Waals surface area contributed by atoms with Crippen LogP contribution in [-0.4, -0.2) is 59.0 Å². The minimum absolute atomic E-state index is 0.0157. The van der Waals surface area contributed by atoms with Gasteiger partial charge >= 0.3 is 0 Å². The number of benzene rings is 2. The zero-order valence-electron chi connectivity index (χ0n) is 33.5. The second-order valence-electron chi connectivity index (χ2n) is 15.6. The summed E-state index contributed by atoms with van der Waals surface area (Å²) in [6.45, 7) is 28.1. The number of unbranched alkanes of at least 4 members (excludes halogenated alkanes) is 2. The molecule has 50 heavy (non-hydrogen) atoms. The van der Waals surface area contributed by atoms with Crippen molar-refractivity contribution in [1.29, 1.82) is 0 Å². The van der Waals surface area contributed by atoms with Crippen molar-refractivity contribution in [1.82, 2.24) is 9.80 Å². The molecule has 270 valence electrons. The van der Waals surface area contributed by atoms with Crippen molar-refractivity contribution < 1.29 is 9.59 Å². The zero-order valence-corrected chi connectivity index (χ0v) is 33.5. The van der Waals surface area contributed by atoms with Gasteiger partial charge in [0.05, 0.1) is 40.6 Å². The van der Waals surface area contributed by atoms with Crippen LogP contribution in [-0.2, 0) is 12.8 Å². The highest BCUT2D eigenvalue weighted by Gasteiger charge is 2.43. The monoisotopic (exact) mass is 678 g/mol. The molecule has 6 nitrogen and oxygen atoms in total. The largest absolute Gasteiger partial charge is 0.369 e. The van der Waals surface area contributed by atoms with Gasteiger partial charge in [-0.25, -0.2) is 0 Å². The fourth-order valence-corrected chi connectivity index (χ4v) is 8.94. The van der Waals surface area contributed by atoms with E-state index in [1.807, 2.05) is 11.1 Å². The number of likely N-dealkylation sites (N-methyl/N-ethyl adjacent to an activating group) is 1. The van der Waals surface area contributed by atoms with Gasteiger partial charge in [-0.1, -0.05) is 43.9 Å². The minimum Gasteiger partial charge on any atom is -0.369 e. The van der Waals surface area contributed by atoms with Crippen LogP contribution in [0.3, 0.4) is 0 Å². The second kappa shape index (κ2) is 14.5. The lowest BCUT2D eigenvalue weighted by Gasteiger charge is -2.34. The van der Waals surface area contributed by atoms with E-state index < -0.39 is 0 Å². The number of amides is 2. The van der Waals surface area contributed by atoms with E-state index in [0.717, 1.165) is 53.0 Å². The van der Waals surface area contributed by atoms with Crippen LogP contribution in [0.2, 0.25) is 0 Å². The third kappa shape index (κ3) is 6.05. The average molecular weight is 679 g/mol. The minimum atomic E-state index is -0.0157.